The van der Waals surface area contributed by atoms with Crippen molar-refractivity contribution >= 4 is 28.9 Å². The van der Waals surface area contributed by atoms with Crippen LogP contribution in [0.3, 0.4) is 0 Å². The van der Waals surface area contributed by atoms with Gasteiger partial charge in [-0.2, -0.15) is 13.2 Å². The van der Waals surface area contributed by atoms with E-state index < -0.39 is 12.8 Å². The van der Waals surface area contributed by atoms with Crippen molar-refractivity contribution < 1.29 is 22.7 Å². The predicted molar refractivity (Wildman–Crippen MR) is 56.1 cm³/mol. The molecule has 1 rings (SSSR count). The lowest BCUT2D eigenvalue weighted by Crippen LogP contribution is -2.19. The van der Waals surface area contributed by atoms with Crippen LogP contribution >= 0.6 is 22.6 Å². The van der Waals surface area contributed by atoms with Crippen LogP contribution in [-0.4, -0.2) is 19.1 Å². The number of aldehydes is 1. The van der Waals surface area contributed by atoms with Gasteiger partial charge in [-0.1, -0.05) is 0 Å². The molecule has 0 saturated carbocycles. The van der Waals surface area contributed by atoms with Crippen LogP contribution in [0.4, 0.5) is 13.2 Å². The van der Waals surface area contributed by atoms with Gasteiger partial charge in [0.25, 0.3) is 0 Å². The molecule has 2 nitrogen and oxygen atoms in total. The summed E-state index contributed by atoms with van der Waals surface area (Å²) in [4.78, 5) is 10.4. The van der Waals surface area contributed by atoms with E-state index in [1.165, 1.54) is 18.2 Å². The molecule has 0 aliphatic rings. The quantitative estimate of drug-likeness (QED) is 0.629. The van der Waals surface area contributed by atoms with Crippen molar-refractivity contribution in [3.05, 3.63) is 27.3 Å². The van der Waals surface area contributed by atoms with Crippen LogP contribution in [0.2, 0.25) is 0 Å². The molecule has 0 spiro atoms. The summed E-state index contributed by atoms with van der Waals surface area (Å²) in [6.45, 7) is -1.33. The molecule has 0 saturated heterocycles. The molecular formula is C9H6F3IO2. The maximum atomic E-state index is 11.8. The molecule has 0 radical (unpaired) electrons. The molecule has 6 heteroatoms. The van der Waals surface area contributed by atoms with Crippen molar-refractivity contribution in [2.24, 2.45) is 0 Å². The van der Waals surface area contributed by atoms with Gasteiger partial charge in [0.2, 0.25) is 0 Å². The zero-order valence-corrected chi connectivity index (χ0v) is 9.50. The van der Waals surface area contributed by atoms with Gasteiger partial charge in [0.1, 0.15) is 12.0 Å². The van der Waals surface area contributed by atoms with E-state index >= 15 is 0 Å². The molecule has 0 aromatic heterocycles. The van der Waals surface area contributed by atoms with E-state index in [2.05, 4.69) is 4.74 Å². The van der Waals surface area contributed by atoms with Crippen LogP contribution in [0.1, 0.15) is 10.4 Å². The van der Waals surface area contributed by atoms with E-state index in [1.807, 2.05) is 22.6 Å². The fraction of sp³-hybridized carbons (Fsp3) is 0.222. The van der Waals surface area contributed by atoms with Gasteiger partial charge in [0.05, 0.1) is 3.57 Å². The summed E-state index contributed by atoms with van der Waals surface area (Å²) in [5.74, 6) is 0.124. The second-order valence-corrected chi connectivity index (χ2v) is 3.87. The Hall–Kier alpha value is -0.790. The first kappa shape index (κ1) is 12.3. The molecule has 0 heterocycles. The highest BCUT2D eigenvalue weighted by Crippen LogP contribution is 2.24. The number of carbonyl (C=O) groups excluding carboxylic acids is 1. The van der Waals surface area contributed by atoms with Crippen molar-refractivity contribution in [3.8, 4) is 5.75 Å². The van der Waals surface area contributed by atoms with Crippen LogP contribution in [0.5, 0.6) is 5.75 Å². The van der Waals surface area contributed by atoms with Gasteiger partial charge in [-0.05, 0) is 40.8 Å². The fourth-order valence-corrected chi connectivity index (χ4v) is 1.56. The Labute approximate surface area is 97.6 Å². The first-order valence-electron chi connectivity index (χ1n) is 3.86. The zero-order chi connectivity index (χ0) is 11.5. The highest BCUT2D eigenvalue weighted by atomic mass is 127. The molecule has 0 N–H and O–H groups in total. The Morgan fingerprint density at radius 1 is 1.40 bits per heavy atom. The van der Waals surface area contributed by atoms with E-state index in [-0.39, 0.29) is 5.75 Å². The topological polar surface area (TPSA) is 26.3 Å². The van der Waals surface area contributed by atoms with E-state index in [9.17, 15) is 18.0 Å². The van der Waals surface area contributed by atoms with Crippen molar-refractivity contribution in [1.82, 2.24) is 0 Å². The lowest BCUT2D eigenvalue weighted by atomic mass is 10.2. The van der Waals surface area contributed by atoms with Gasteiger partial charge in [0, 0.05) is 5.56 Å². The number of rotatable bonds is 3. The third-order valence-corrected chi connectivity index (χ3v) is 2.33. The Morgan fingerprint density at radius 3 is 2.53 bits per heavy atom. The Kier molecular flexibility index (Phi) is 3.95. The van der Waals surface area contributed by atoms with Crippen LogP contribution in [0.25, 0.3) is 0 Å². The van der Waals surface area contributed by atoms with Gasteiger partial charge in [-0.3, -0.25) is 4.79 Å². The molecule has 0 fully saturated rings. The third kappa shape index (κ3) is 4.06. The molecule has 0 atom stereocenters. The molecule has 0 aliphatic heterocycles. The molecule has 15 heavy (non-hydrogen) atoms. The number of ether oxygens (including phenoxy) is 1. The van der Waals surface area contributed by atoms with Gasteiger partial charge >= 0.3 is 6.18 Å². The summed E-state index contributed by atoms with van der Waals surface area (Å²) in [7, 11) is 0. The van der Waals surface area contributed by atoms with Crippen molar-refractivity contribution in [2.75, 3.05) is 6.61 Å². The maximum Gasteiger partial charge on any atom is 0.422 e. The molecule has 1 aromatic rings. The molecule has 0 amide bonds. The second kappa shape index (κ2) is 4.82. The largest absolute Gasteiger partial charge is 0.483 e. The van der Waals surface area contributed by atoms with Crippen LogP contribution in [0, 0.1) is 3.57 Å². The summed E-state index contributed by atoms with van der Waals surface area (Å²) in [6, 6.07) is 4.21. The summed E-state index contributed by atoms with van der Waals surface area (Å²) in [5, 5.41) is 0. The van der Waals surface area contributed by atoms with Gasteiger partial charge in [-0.25, -0.2) is 0 Å². The fourth-order valence-electron chi connectivity index (χ4n) is 0.867. The van der Waals surface area contributed by atoms with Crippen LogP contribution in [-0.2, 0) is 0 Å². The van der Waals surface area contributed by atoms with Gasteiger partial charge in [-0.15, -0.1) is 0 Å². The molecular weight excluding hydrogens is 324 g/mol. The monoisotopic (exact) mass is 330 g/mol. The normalized spacial score (nSPS) is 11.2. The third-order valence-electron chi connectivity index (χ3n) is 1.48. The summed E-state index contributed by atoms with van der Waals surface area (Å²) in [6.07, 6.45) is -3.73. The minimum Gasteiger partial charge on any atom is -0.483 e. The number of hydrogen-bond acceptors (Lipinski definition) is 2. The SMILES string of the molecule is O=Cc1ccc(OCC(F)(F)F)c(I)c1. The van der Waals surface area contributed by atoms with Crippen LogP contribution in [0.15, 0.2) is 18.2 Å². The smallest absolute Gasteiger partial charge is 0.422 e. The number of alkyl halides is 3. The minimum atomic E-state index is -4.35. The van der Waals surface area contributed by atoms with Gasteiger partial charge < -0.3 is 4.74 Å². The number of hydrogen-bond donors (Lipinski definition) is 0. The first-order chi connectivity index (χ1) is 6.92. The van der Waals surface area contributed by atoms with Crippen LogP contribution < -0.4 is 4.74 Å². The lowest BCUT2D eigenvalue weighted by molar-refractivity contribution is -0.153. The summed E-state index contributed by atoms with van der Waals surface area (Å²) in [5.41, 5.74) is 0.402. The highest BCUT2D eigenvalue weighted by Gasteiger charge is 2.28. The molecule has 1 aromatic carbocycles. The van der Waals surface area contributed by atoms with Gasteiger partial charge in [0.15, 0.2) is 6.61 Å². The Morgan fingerprint density at radius 2 is 2.07 bits per heavy atom. The van der Waals surface area contributed by atoms with E-state index in [4.69, 9.17) is 0 Å². The van der Waals surface area contributed by atoms with E-state index in [0.29, 0.717) is 15.4 Å². The number of carbonyl (C=O) groups is 1. The predicted octanol–water partition coefficient (Wildman–Crippen LogP) is 3.04. The van der Waals surface area contributed by atoms with E-state index in [1.54, 1.807) is 0 Å². The highest BCUT2D eigenvalue weighted by molar-refractivity contribution is 14.1. The average Bonchev–Trinajstić information content (AvgIpc) is 2.14. The first-order valence-corrected chi connectivity index (χ1v) is 4.94. The molecule has 0 unspecified atom stereocenters. The van der Waals surface area contributed by atoms with Crippen molar-refractivity contribution in [2.45, 2.75) is 6.18 Å². The standard InChI is InChI=1S/C9H6F3IO2/c10-9(11,12)5-15-8-2-1-6(4-14)3-7(8)13/h1-4H,5H2. The number of halogens is 4. The number of benzene rings is 1. The lowest BCUT2D eigenvalue weighted by Gasteiger charge is -2.10. The van der Waals surface area contributed by atoms with E-state index in [0.717, 1.165) is 0 Å². The molecule has 82 valence electrons. The average molecular weight is 330 g/mol. The zero-order valence-electron chi connectivity index (χ0n) is 7.34. The Bertz CT molecular complexity index is 363. The van der Waals surface area contributed by atoms with Crippen molar-refractivity contribution in [3.63, 3.8) is 0 Å². The molecule has 0 aliphatic carbocycles. The van der Waals surface area contributed by atoms with Crippen molar-refractivity contribution in [1.29, 1.82) is 0 Å². The minimum absolute atomic E-state index is 0.124. The summed E-state index contributed by atoms with van der Waals surface area (Å²) >= 11 is 1.81. The Balaban J connectivity index is 2.74. The molecule has 0 bridgehead atoms. The summed E-state index contributed by atoms with van der Waals surface area (Å²) < 4.78 is 40.5. The second-order valence-electron chi connectivity index (χ2n) is 2.71. The maximum absolute atomic E-state index is 11.8.